The number of hydrogen-bond acceptors (Lipinski definition) is 7. The van der Waals surface area contributed by atoms with Crippen LogP contribution >= 0.6 is 0 Å². The van der Waals surface area contributed by atoms with Crippen LogP contribution in [0.1, 0.15) is 75.9 Å². The zero-order valence-electron chi connectivity index (χ0n) is 18.7. The SMILES string of the molecule is CC(Nc1nc(NC2CCC(N)CC2)nc2c1ncn2C1CCCC1)c1ccc(O)cc1. The van der Waals surface area contributed by atoms with Crippen molar-refractivity contribution in [2.75, 3.05) is 10.6 Å². The number of anilines is 2. The summed E-state index contributed by atoms with van der Waals surface area (Å²) in [5, 5.41) is 16.7. The molecule has 2 saturated carbocycles. The first-order valence-electron chi connectivity index (χ1n) is 11.9. The average molecular weight is 436 g/mol. The van der Waals surface area contributed by atoms with Gasteiger partial charge in [0, 0.05) is 18.1 Å². The number of hydrogen-bond donors (Lipinski definition) is 4. The summed E-state index contributed by atoms with van der Waals surface area (Å²) in [6.07, 6.45) is 10.9. The van der Waals surface area contributed by atoms with Crippen LogP contribution in [0.3, 0.4) is 0 Å². The Morgan fingerprint density at radius 3 is 2.47 bits per heavy atom. The van der Waals surface area contributed by atoms with Crippen LogP contribution in [0.25, 0.3) is 11.2 Å². The van der Waals surface area contributed by atoms with Crippen LogP contribution in [0.2, 0.25) is 0 Å². The standard InChI is InChI=1S/C24H33N7O/c1-15(16-6-12-20(32)13-7-16)27-22-21-23(31(14-26-21)19-4-2-3-5-19)30-24(29-22)28-18-10-8-17(25)9-11-18/h6-7,12-15,17-19,32H,2-5,8-11,25H2,1H3,(H2,27,28,29,30). The summed E-state index contributed by atoms with van der Waals surface area (Å²) in [4.78, 5) is 14.5. The molecule has 1 atom stereocenters. The Kier molecular flexibility index (Phi) is 5.87. The molecule has 8 heteroatoms. The van der Waals surface area contributed by atoms with Crippen LogP contribution in [0.4, 0.5) is 11.8 Å². The van der Waals surface area contributed by atoms with Crippen LogP contribution in [-0.4, -0.2) is 36.7 Å². The number of nitrogens with zero attached hydrogens (tertiary/aromatic N) is 4. The first-order valence-corrected chi connectivity index (χ1v) is 11.9. The van der Waals surface area contributed by atoms with E-state index >= 15 is 0 Å². The smallest absolute Gasteiger partial charge is 0.227 e. The second-order valence-electron chi connectivity index (χ2n) is 9.37. The number of imidazole rings is 1. The Hall–Kier alpha value is -2.87. The first-order chi connectivity index (χ1) is 15.6. The molecule has 1 aromatic carbocycles. The predicted molar refractivity (Wildman–Crippen MR) is 127 cm³/mol. The van der Waals surface area contributed by atoms with Gasteiger partial charge in [-0.1, -0.05) is 25.0 Å². The third-order valence-corrected chi connectivity index (χ3v) is 6.99. The summed E-state index contributed by atoms with van der Waals surface area (Å²) in [6.45, 7) is 2.09. The Morgan fingerprint density at radius 2 is 1.75 bits per heavy atom. The van der Waals surface area contributed by atoms with Crippen LogP contribution in [0.5, 0.6) is 5.75 Å². The number of benzene rings is 1. The zero-order valence-corrected chi connectivity index (χ0v) is 18.7. The first kappa shape index (κ1) is 21.0. The summed E-state index contributed by atoms with van der Waals surface area (Å²) < 4.78 is 2.24. The Bertz CT molecular complexity index is 1050. The van der Waals surface area contributed by atoms with Gasteiger partial charge in [-0.2, -0.15) is 9.97 Å². The maximum absolute atomic E-state index is 9.61. The molecular formula is C24H33N7O. The average Bonchev–Trinajstić information content (AvgIpc) is 3.46. The molecule has 5 N–H and O–H groups in total. The van der Waals surface area contributed by atoms with Gasteiger partial charge in [0.05, 0.1) is 12.4 Å². The number of aromatic hydroxyl groups is 1. The van der Waals surface area contributed by atoms with Gasteiger partial charge in [-0.05, 0) is 63.1 Å². The van der Waals surface area contributed by atoms with Crippen molar-refractivity contribution in [3.63, 3.8) is 0 Å². The lowest BCUT2D eigenvalue weighted by atomic mass is 9.92. The topological polar surface area (TPSA) is 114 Å². The van der Waals surface area contributed by atoms with Crippen molar-refractivity contribution in [2.45, 2.75) is 82.5 Å². The normalized spacial score (nSPS) is 22.8. The Labute approximate surface area is 188 Å². The summed E-state index contributed by atoms with van der Waals surface area (Å²) in [5.41, 5.74) is 8.85. The minimum absolute atomic E-state index is 0.00543. The molecule has 0 saturated heterocycles. The minimum atomic E-state index is 0.00543. The molecule has 0 bridgehead atoms. The summed E-state index contributed by atoms with van der Waals surface area (Å²) >= 11 is 0. The second-order valence-corrected chi connectivity index (χ2v) is 9.37. The fourth-order valence-electron chi connectivity index (χ4n) is 5.03. The van der Waals surface area contributed by atoms with Gasteiger partial charge >= 0.3 is 0 Å². The molecule has 170 valence electrons. The third-order valence-electron chi connectivity index (χ3n) is 6.99. The van der Waals surface area contributed by atoms with E-state index in [0.717, 1.165) is 48.2 Å². The van der Waals surface area contributed by atoms with Gasteiger partial charge in [-0.25, -0.2) is 4.98 Å². The zero-order chi connectivity index (χ0) is 22.1. The van der Waals surface area contributed by atoms with E-state index in [9.17, 15) is 5.11 Å². The molecule has 2 aromatic heterocycles. The fraction of sp³-hybridized carbons (Fsp3) is 0.542. The van der Waals surface area contributed by atoms with Gasteiger partial charge in [0.2, 0.25) is 5.95 Å². The van der Waals surface area contributed by atoms with E-state index in [0.29, 0.717) is 24.1 Å². The molecule has 1 unspecified atom stereocenters. The number of aromatic nitrogens is 4. The highest BCUT2D eigenvalue weighted by Gasteiger charge is 2.24. The van der Waals surface area contributed by atoms with Crippen molar-refractivity contribution in [2.24, 2.45) is 5.73 Å². The van der Waals surface area contributed by atoms with Crippen molar-refractivity contribution in [3.8, 4) is 5.75 Å². The van der Waals surface area contributed by atoms with E-state index in [1.165, 1.54) is 25.7 Å². The highest BCUT2D eigenvalue weighted by atomic mass is 16.3. The molecule has 0 amide bonds. The van der Waals surface area contributed by atoms with E-state index in [-0.39, 0.29) is 11.8 Å². The largest absolute Gasteiger partial charge is 0.508 e. The molecule has 2 heterocycles. The summed E-state index contributed by atoms with van der Waals surface area (Å²) in [6, 6.07) is 8.38. The van der Waals surface area contributed by atoms with Crippen molar-refractivity contribution in [1.82, 2.24) is 19.5 Å². The van der Waals surface area contributed by atoms with Gasteiger partial charge in [0.25, 0.3) is 0 Å². The van der Waals surface area contributed by atoms with Crippen molar-refractivity contribution < 1.29 is 5.11 Å². The van der Waals surface area contributed by atoms with E-state index in [1.54, 1.807) is 12.1 Å². The minimum Gasteiger partial charge on any atom is -0.508 e. The highest BCUT2D eigenvalue weighted by molar-refractivity contribution is 5.84. The van der Waals surface area contributed by atoms with Gasteiger partial charge in [-0.15, -0.1) is 0 Å². The number of nitrogens with one attached hydrogen (secondary N) is 2. The number of rotatable bonds is 6. The maximum atomic E-state index is 9.61. The van der Waals surface area contributed by atoms with Crippen molar-refractivity contribution in [1.29, 1.82) is 0 Å². The molecule has 0 spiro atoms. The molecule has 32 heavy (non-hydrogen) atoms. The molecule has 2 aliphatic carbocycles. The molecule has 2 aliphatic rings. The van der Waals surface area contributed by atoms with Crippen LogP contribution < -0.4 is 16.4 Å². The molecule has 8 nitrogen and oxygen atoms in total. The van der Waals surface area contributed by atoms with Crippen molar-refractivity contribution >= 4 is 22.9 Å². The fourth-order valence-corrected chi connectivity index (χ4v) is 5.03. The number of nitrogens with two attached hydrogens (primary N) is 1. The molecule has 5 rings (SSSR count). The lowest BCUT2D eigenvalue weighted by Crippen LogP contribution is -2.33. The van der Waals surface area contributed by atoms with E-state index < -0.39 is 0 Å². The van der Waals surface area contributed by atoms with Gasteiger partial charge in [0.1, 0.15) is 5.75 Å². The Balaban J connectivity index is 1.47. The highest BCUT2D eigenvalue weighted by Crippen LogP contribution is 2.34. The van der Waals surface area contributed by atoms with E-state index in [2.05, 4.69) is 22.1 Å². The van der Waals surface area contributed by atoms with Crippen LogP contribution in [-0.2, 0) is 0 Å². The lowest BCUT2D eigenvalue weighted by molar-refractivity contribution is 0.410. The number of phenols is 1. The van der Waals surface area contributed by atoms with Crippen LogP contribution in [0.15, 0.2) is 30.6 Å². The molecule has 3 aromatic rings. The van der Waals surface area contributed by atoms with Crippen molar-refractivity contribution in [3.05, 3.63) is 36.2 Å². The van der Waals surface area contributed by atoms with Gasteiger partial charge < -0.3 is 26.0 Å². The molecule has 2 fully saturated rings. The second kappa shape index (κ2) is 8.94. The number of fused-ring (bicyclic) bond motifs is 1. The molecule has 0 radical (unpaired) electrons. The van der Waals surface area contributed by atoms with Crippen LogP contribution in [0, 0.1) is 0 Å². The predicted octanol–water partition coefficient (Wildman–Crippen LogP) is 4.50. The van der Waals surface area contributed by atoms with Gasteiger partial charge in [-0.3, -0.25) is 0 Å². The monoisotopic (exact) mass is 435 g/mol. The molecule has 0 aliphatic heterocycles. The third kappa shape index (κ3) is 4.37. The number of phenolic OH excluding ortho intramolecular Hbond substituents is 1. The Morgan fingerprint density at radius 1 is 1.03 bits per heavy atom. The quantitative estimate of drug-likeness (QED) is 0.451. The lowest BCUT2D eigenvalue weighted by Gasteiger charge is -2.27. The van der Waals surface area contributed by atoms with Gasteiger partial charge in [0.15, 0.2) is 17.0 Å². The molecular weight excluding hydrogens is 402 g/mol. The summed E-state index contributed by atoms with van der Waals surface area (Å²) in [5.74, 6) is 1.65. The van der Waals surface area contributed by atoms with E-state index in [1.807, 2.05) is 18.5 Å². The van der Waals surface area contributed by atoms with E-state index in [4.69, 9.17) is 20.7 Å². The maximum Gasteiger partial charge on any atom is 0.227 e. The summed E-state index contributed by atoms with van der Waals surface area (Å²) in [7, 11) is 0.